The van der Waals surface area contributed by atoms with E-state index >= 15 is 0 Å². The number of nitrogens with one attached hydrogen (secondary N) is 1. The van der Waals surface area contributed by atoms with Gasteiger partial charge in [-0.05, 0) is 45.2 Å². The summed E-state index contributed by atoms with van der Waals surface area (Å²) in [6, 6.07) is 5.00. The summed E-state index contributed by atoms with van der Waals surface area (Å²) in [4.78, 5) is 4.04. The van der Waals surface area contributed by atoms with Crippen molar-refractivity contribution in [2.45, 2.75) is 59.2 Å². The molecule has 1 unspecified atom stereocenters. The molecule has 1 heterocycles. The number of likely N-dealkylation sites (N-methyl/N-ethyl adjacent to an activating group) is 1. The molecule has 0 spiro atoms. The highest BCUT2D eigenvalue weighted by molar-refractivity contribution is 7.09. The number of hydrogen-bond donors (Lipinski definition) is 1. The van der Waals surface area contributed by atoms with Gasteiger partial charge in [0.05, 0.1) is 0 Å². The third kappa shape index (κ3) is 5.51. The first kappa shape index (κ1) is 15.7. The lowest BCUT2D eigenvalue weighted by Gasteiger charge is -2.32. The highest BCUT2D eigenvalue weighted by Crippen LogP contribution is 2.15. The normalized spacial score (nSPS) is 14.1. The smallest absolute Gasteiger partial charge is 0.0331 e. The molecule has 104 valence electrons. The predicted molar refractivity (Wildman–Crippen MR) is 82.2 cm³/mol. The highest BCUT2D eigenvalue weighted by atomic mass is 32.1. The molecule has 0 amide bonds. The minimum absolute atomic E-state index is 0.204. The van der Waals surface area contributed by atoms with Crippen molar-refractivity contribution in [1.82, 2.24) is 10.2 Å². The average Bonchev–Trinajstić information content (AvgIpc) is 2.79. The molecule has 0 saturated heterocycles. The molecule has 0 bridgehead atoms. The van der Waals surface area contributed by atoms with Crippen molar-refractivity contribution in [3.63, 3.8) is 0 Å². The van der Waals surface area contributed by atoms with Gasteiger partial charge in [-0.1, -0.05) is 19.9 Å². The van der Waals surface area contributed by atoms with E-state index in [2.05, 4.69) is 62.3 Å². The molecule has 1 aromatic heterocycles. The van der Waals surface area contributed by atoms with Crippen LogP contribution in [0, 0.1) is 0 Å². The van der Waals surface area contributed by atoms with Gasteiger partial charge >= 0.3 is 0 Å². The molecule has 18 heavy (non-hydrogen) atoms. The largest absolute Gasteiger partial charge is 0.311 e. The van der Waals surface area contributed by atoms with E-state index in [-0.39, 0.29) is 5.54 Å². The number of thiophene rings is 1. The first-order valence-electron chi connectivity index (χ1n) is 6.97. The van der Waals surface area contributed by atoms with Crippen LogP contribution in [0.15, 0.2) is 17.5 Å². The van der Waals surface area contributed by atoms with Gasteiger partial charge in [0.15, 0.2) is 0 Å². The van der Waals surface area contributed by atoms with E-state index in [1.54, 1.807) is 0 Å². The van der Waals surface area contributed by atoms with Gasteiger partial charge < -0.3 is 5.32 Å². The van der Waals surface area contributed by atoms with Crippen LogP contribution in [0.25, 0.3) is 0 Å². The summed E-state index contributed by atoms with van der Waals surface area (Å²) in [6.07, 6.45) is 1.20. The van der Waals surface area contributed by atoms with E-state index in [1.807, 2.05) is 11.3 Å². The van der Waals surface area contributed by atoms with E-state index in [1.165, 1.54) is 11.3 Å². The Kier molecular flexibility index (Phi) is 6.33. The van der Waals surface area contributed by atoms with Gasteiger partial charge in [-0.25, -0.2) is 0 Å². The zero-order valence-electron chi connectivity index (χ0n) is 12.5. The first-order chi connectivity index (χ1) is 8.46. The van der Waals surface area contributed by atoms with Gasteiger partial charge in [0, 0.05) is 29.5 Å². The van der Waals surface area contributed by atoms with Crippen LogP contribution >= 0.6 is 11.3 Å². The summed E-state index contributed by atoms with van der Waals surface area (Å²) in [6.45, 7) is 14.5. The Morgan fingerprint density at radius 1 is 1.33 bits per heavy atom. The van der Waals surface area contributed by atoms with Crippen molar-refractivity contribution in [2.75, 3.05) is 13.1 Å². The predicted octanol–water partition coefficient (Wildman–Crippen LogP) is 3.74. The maximum atomic E-state index is 3.63. The minimum atomic E-state index is 0.204. The lowest BCUT2D eigenvalue weighted by atomic mass is 10.1. The Bertz CT molecular complexity index is 314. The second-order valence-electron chi connectivity index (χ2n) is 5.84. The lowest BCUT2D eigenvalue weighted by Crippen LogP contribution is -2.47. The van der Waals surface area contributed by atoms with Gasteiger partial charge in [0.2, 0.25) is 0 Å². The zero-order valence-corrected chi connectivity index (χ0v) is 13.3. The van der Waals surface area contributed by atoms with Crippen LogP contribution in [0.1, 0.15) is 45.9 Å². The van der Waals surface area contributed by atoms with Crippen molar-refractivity contribution in [2.24, 2.45) is 0 Å². The molecule has 0 aliphatic carbocycles. The molecule has 1 aromatic rings. The lowest BCUT2D eigenvalue weighted by molar-refractivity contribution is 0.179. The number of rotatable bonds is 7. The maximum Gasteiger partial charge on any atom is 0.0331 e. The summed E-state index contributed by atoms with van der Waals surface area (Å²) in [5, 5.41) is 5.79. The monoisotopic (exact) mass is 268 g/mol. The molecule has 0 radical (unpaired) electrons. The maximum absolute atomic E-state index is 3.63. The van der Waals surface area contributed by atoms with Gasteiger partial charge in [-0.15, -0.1) is 11.3 Å². The molecule has 0 aliphatic rings. The average molecular weight is 268 g/mol. The Balaban J connectivity index is 2.54. The summed E-state index contributed by atoms with van der Waals surface area (Å²) >= 11 is 1.86. The first-order valence-corrected chi connectivity index (χ1v) is 7.85. The van der Waals surface area contributed by atoms with Crippen LogP contribution in [0.4, 0.5) is 0 Å². The Morgan fingerprint density at radius 3 is 2.50 bits per heavy atom. The molecular formula is C15H28N2S. The van der Waals surface area contributed by atoms with E-state index in [9.17, 15) is 0 Å². The fourth-order valence-electron chi connectivity index (χ4n) is 2.06. The molecule has 3 heteroatoms. The van der Waals surface area contributed by atoms with Crippen LogP contribution < -0.4 is 5.32 Å². The second kappa shape index (κ2) is 7.27. The molecule has 0 fully saturated rings. The van der Waals surface area contributed by atoms with Gasteiger partial charge in [0.1, 0.15) is 0 Å². The van der Waals surface area contributed by atoms with Crippen molar-refractivity contribution < 1.29 is 0 Å². The Morgan fingerprint density at radius 2 is 2.06 bits per heavy atom. The van der Waals surface area contributed by atoms with Crippen LogP contribution in [-0.4, -0.2) is 29.6 Å². The SMILES string of the molecule is CCC(CNC(C)(C)C)N(CC)Cc1cccs1. The molecule has 1 atom stereocenters. The van der Waals surface area contributed by atoms with Crippen LogP contribution in [0.3, 0.4) is 0 Å². The van der Waals surface area contributed by atoms with Crippen molar-refractivity contribution in [3.8, 4) is 0 Å². The minimum Gasteiger partial charge on any atom is -0.311 e. The molecule has 0 aromatic carbocycles. The Hall–Kier alpha value is -0.380. The van der Waals surface area contributed by atoms with Gasteiger partial charge in [0.25, 0.3) is 0 Å². The quantitative estimate of drug-likeness (QED) is 0.810. The molecule has 0 aliphatic heterocycles. The number of nitrogens with zero attached hydrogens (tertiary/aromatic N) is 1. The summed E-state index contributed by atoms with van der Waals surface area (Å²) in [7, 11) is 0. The Labute approximate surface area is 116 Å². The molecule has 2 nitrogen and oxygen atoms in total. The fraction of sp³-hybridized carbons (Fsp3) is 0.733. The zero-order chi connectivity index (χ0) is 13.6. The van der Waals surface area contributed by atoms with Crippen molar-refractivity contribution in [1.29, 1.82) is 0 Å². The molecule has 1 rings (SSSR count). The molecular weight excluding hydrogens is 240 g/mol. The molecule has 0 saturated carbocycles. The summed E-state index contributed by atoms with van der Waals surface area (Å²) in [5.41, 5.74) is 0.204. The van der Waals surface area contributed by atoms with E-state index in [0.29, 0.717) is 6.04 Å². The third-order valence-electron chi connectivity index (χ3n) is 3.20. The van der Waals surface area contributed by atoms with Gasteiger partial charge in [-0.2, -0.15) is 0 Å². The van der Waals surface area contributed by atoms with Gasteiger partial charge in [-0.3, -0.25) is 4.90 Å². The van der Waals surface area contributed by atoms with Crippen molar-refractivity contribution in [3.05, 3.63) is 22.4 Å². The van der Waals surface area contributed by atoms with E-state index < -0.39 is 0 Å². The second-order valence-corrected chi connectivity index (χ2v) is 6.87. The number of hydrogen-bond acceptors (Lipinski definition) is 3. The summed E-state index contributed by atoms with van der Waals surface area (Å²) < 4.78 is 0. The third-order valence-corrected chi connectivity index (χ3v) is 4.06. The van der Waals surface area contributed by atoms with Crippen LogP contribution in [-0.2, 0) is 6.54 Å². The van der Waals surface area contributed by atoms with E-state index in [0.717, 1.165) is 19.6 Å². The standard InChI is InChI=1S/C15H28N2S/c1-6-13(11-16-15(3,4)5)17(7-2)12-14-9-8-10-18-14/h8-10,13,16H,6-7,11-12H2,1-5H3. The van der Waals surface area contributed by atoms with Crippen LogP contribution in [0.2, 0.25) is 0 Å². The highest BCUT2D eigenvalue weighted by Gasteiger charge is 2.18. The van der Waals surface area contributed by atoms with Crippen molar-refractivity contribution >= 4 is 11.3 Å². The van der Waals surface area contributed by atoms with E-state index in [4.69, 9.17) is 0 Å². The van der Waals surface area contributed by atoms with Crippen LogP contribution in [0.5, 0.6) is 0 Å². The summed E-state index contributed by atoms with van der Waals surface area (Å²) in [5.74, 6) is 0. The topological polar surface area (TPSA) is 15.3 Å². The molecule has 1 N–H and O–H groups in total. The fourth-order valence-corrected chi connectivity index (χ4v) is 2.79.